The number of hydrazone groups is 1. The highest BCUT2D eigenvalue weighted by molar-refractivity contribution is 6.35. The van der Waals surface area contributed by atoms with Crippen LogP contribution in [0.1, 0.15) is 15.9 Å². The lowest BCUT2D eigenvalue weighted by Crippen LogP contribution is -2.16. The summed E-state index contributed by atoms with van der Waals surface area (Å²) in [5, 5.41) is 4.98. The van der Waals surface area contributed by atoms with Crippen molar-refractivity contribution in [3.63, 3.8) is 0 Å². The number of nitrogens with one attached hydrogen (secondary N) is 2. The Morgan fingerprint density at radius 1 is 1.35 bits per heavy atom. The second kappa shape index (κ2) is 3.94. The summed E-state index contributed by atoms with van der Waals surface area (Å²) in [7, 11) is 0. The average Bonchev–Trinajstić information content (AvgIpc) is 2.42. The lowest BCUT2D eigenvalue weighted by atomic mass is 10.1. The Morgan fingerprint density at radius 2 is 2.12 bits per heavy atom. The molecule has 0 saturated carbocycles. The number of H-pyrrole nitrogens is 1. The molecule has 17 heavy (non-hydrogen) atoms. The van der Waals surface area contributed by atoms with Crippen LogP contribution in [0.4, 0.5) is 5.69 Å². The Kier molecular flexibility index (Phi) is 2.73. The van der Waals surface area contributed by atoms with Gasteiger partial charge in [0.15, 0.2) is 0 Å². The summed E-state index contributed by atoms with van der Waals surface area (Å²) in [4.78, 5) is 14.7. The van der Waals surface area contributed by atoms with Gasteiger partial charge in [0.2, 0.25) is 0 Å². The SMILES string of the molecule is Cl.Nc1cc2c3c(c(Cl)[nH]c3c1)C=NNC2=O. The number of nitrogen functional groups attached to an aromatic ring is 1. The molecule has 0 bridgehead atoms. The first-order valence-electron chi connectivity index (χ1n) is 4.61. The number of hydrogen-bond acceptors (Lipinski definition) is 3. The van der Waals surface area contributed by atoms with Gasteiger partial charge >= 0.3 is 0 Å². The smallest absolute Gasteiger partial charge is 0.272 e. The molecule has 0 atom stereocenters. The van der Waals surface area contributed by atoms with Crippen molar-refractivity contribution in [2.45, 2.75) is 0 Å². The van der Waals surface area contributed by atoms with E-state index in [4.69, 9.17) is 17.3 Å². The maximum Gasteiger partial charge on any atom is 0.272 e. The molecule has 0 unspecified atom stereocenters. The molecule has 1 amide bonds. The second-order valence-corrected chi connectivity index (χ2v) is 3.92. The molecular weight excluding hydrogens is 263 g/mol. The van der Waals surface area contributed by atoms with E-state index in [1.54, 1.807) is 12.1 Å². The fraction of sp³-hybridized carbons (Fsp3) is 0. The highest BCUT2D eigenvalue weighted by Crippen LogP contribution is 2.30. The fourth-order valence-electron chi connectivity index (χ4n) is 1.86. The van der Waals surface area contributed by atoms with E-state index in [0.717, 1.165) is 10.9 Å². The Hall–Kier alpha value is -1.72. The quantitative estimate of drug-likeness (QED) is 0.639. The molecule has 2 heterocycles. The minimum Gasteiger partial charge on any atom is -0.399 e. The van der Waals surface area contributed by atoms with E-state index in [2.05, 4.69) is 15.5 Å². The number of amides is 1. The van der Waals surface area contributed by atoms with Crippen molar-refractivity contribution in [1.29, 1.82) is 0 Å². The third kappa shape index (κ3) is 1.64. The molecule has 0 spiro atoms. The average molecular weight is 271 g/mol. The molecule has 0 saturated heterocycles. The van der Waals surface area contributed by atoms with E-state index >= 15 is 0 Å². The maximum atomic E-state index is 11.7. The molecule has 7 heteroatoms. The van der Waals surface area contributed by atoms with Crippen molar-refractivity contribution >= 4 is 52.7 Å². The van der Waals surface area contributed by atoms with Crippen molar-refractivity contribution in [3.8, 4) is 0 Å². The van der Waals surface area contributed by atoms with Crippen LogP contribution in [0.2, 0.25) is 5.15 Å². The van der Waals surface area contributed by atoms with E-state index in [9.17, 15) is 4.79 Å². The summed E-state index contributed by atoms with van der Waals surface area (Å²) in [6.07, 6.45) is 1.52. The zero-order valence-corrected chi connectivity index (χ0v) is 10.0. The largest absolute Gasteiger partial charge is 0.399 e. The van der Waals surface area contributed by atoms with Gasteiger partial charge in [0, 0.05) is 16.6 Å². The van der Waals surface area contributed by atoms with E-state index < -0.39 is 0 Å². The number of nitrogens with two attached hydrogens (primary N) is 1. The number of benzene rings is 1. The fourth-order valence-corrected chi connectivity index (χ4v) is 2.11. The van der Waals surface area contributed by atoms with Gasteiger partial charge in [-0.05, 0) is 12.1 Å². The van der Waals surface area contributed by atoms with Crippen molar-refractivity contribution < 1.29 is 4.79 Å². The first-order chi connectivity index (χ1) is 7.66. The number of hydrogen-bond donors (Lipinski definition) is 3. The van der Waals surface area contributed by atoms with Gasteiger partial charge in [0.1, 0.15) is 5.15 Å². The van der Waals surface area contributed by atoms with Gasteiger partial charge in [-0.1, -0.05) is 11.6 Å². The Morgan fingerprint density at radius 3 is 2.88 bits per heavy atom. The van der Waals surface area contributed by atoms with Gasteiger partial charge in [-0.25, -0.2) is 5.43 Å². The van der Waals surface area contributed by atoms with Crippen molar-refractivity contribution in [2.75, 3.05) is 5.73 Å². The van der Waals surface area contributed by atoms with Crippen LogP contribution in [0.5, 0.6) is 0 Å². The lowest BCUT2D eigenvalue weighted by molar-refractivity contribution is 0.0957. The highest BCUT2D eigenvalue weighted by atomic mass is 35.5. The monoisotopic (exact) mass is 270 g/mol. The minimum atomic E-state index is -0.289. The molecule has 0 fully saturated rings. The van der Waals surface area contributed by atoms with Gasteiger partial charge in [-0.15, -0.1) is 12.4 Å². The van der Waals surface area contributed by atoms with Crippen LogP contribution in [0.15, 0.2) is 17.2 Å². The molecule has 0 radical (unpaired) electrons. The summed E-state index contributed by atoms with van der Waals surface area (Å²) < 4.78 is 0. The van der Waals surface area contributed by atoms with E-state index in [0.29, 0.717) is 22.0 Å². The number of halogens is 2. The van der Waals surface area contributed by atoms with Gasteiger partial charge < -0.3 is 10.7 Å². The first kappa shape index (κ1) is 11.8. The number of aromatic nitrogens is 1. The van der Waals surface area contributed by atoms with Gasteiger partial charge in [-0.2, -0.15) is 5.10 Å². The summed E-state index contributed by atoms with van der Waals surface area (Å²) >= 11 is 6.02. The molecule has 3 rings (SSSR count). The normalized spacial score (nSPS) is 13.1. The Bertz CT molecular complexity index is 647. The topological polar surface area (TPSA) is 83.3 Å². The van der Waals surface area contributed by atoms with Crippen LogP contribution in [-0.4, -0.2) is 17.1 Å². The van der Waals surface area contributed by atoms with Crippen LogP contribution in [0, 0.1) is 0 Å². The molecule has 1 aliphatic heterocycles. The van der Waals surface area contributed by atoms with E-state index in [-0.39, 0.29) is 18.3 Å². The zero-order valence-electron chi connectivity index (χ0n) is 8.45. The summed E-state index contributed by atoms with van der Waals surface area (Å²) in [5.74, 6) is -0.289. The molecule has 1 aliphatic rings. The molecule has 88 valence electrons. The summed E-state index contributed by atoms with van der Waals surface area (Å²) in [5.41, 5.74) is 10.5. The number of aromatic amines is 1. The van der Waals surface area contributed by atoms with Crippen LogP contribution in [0.3, 0.4) is 0 Å². The second-order valence-electron chi connectivity index (χ2n) is 3.54. The molecule has 4 N–H and O–H groups in total. The first-order valence-corrected chi connectivity index (χ1v) is 4.98. The number of carbonyl (C=O) groups is 1. The highest BCUT2D eigenvalue weighted by Gasteiger charge is 2.19. The lowest BCUT2D eigenvalue weighted by Gasteiger charge is -2.02. The van der Waals surface area contributed by atoms with Crippen molar-refractivity contribution in [2.24, 2.45) is 5.10 Å². The number of rotatable bonds is 0. The van der Waals surface area contributed by atoms with E-state index in [1.807, 2.05) is 0 Å². The van der Waals surface area contributed by atoms with Crippen LogP contribution >= 0.6 is 24.0 Å². The molecule has 0 aliphatic carbocycles. The van der Waals surface area contributed by atoms with Gasteiger partial charge in [0.25, 0.3) is 5.91 Å². The number of nitrogens with zero attached hydrogens (tertiary/aromatic N) is 1. The predicted octanol–water partition coefficient (Wildman–Crippen LogP) is 1.90. The predicted molar refractivity (Wildman–Crippen MR) is 70.0 cm³/mol. The summed E-state index contributed by atoms with van der Waals surface area (Å²) in [6.45, 7) is 0. The standard InChI is InChI=1S/C10H7ClN4O.ClH/c11-9-6-3-13-15-10(16)5-1-4(12)2-7(14-9)8(5)6;/h1-3,14H,12H2,(H,15,16);1H. The van der Waals surface area contributed by atoms with E-state index in [1.165, 1.54) is 6.21 Å². The molecule has 1 aromatic heterocycles. The molecule has 2 aromatic rings. The third-order valence-electron chi connectivity index (χ3n) is 2.52. The maximum absolute atomic E-state index is 11.7. The molecular formula is C10H8Cl2N4O. The minimum absolute atomic E-state index is 0. The van der Waals surface area contributed by atoms with Crippen molar-refractivity contribution in [3.05, 3.63) is 28.4 Å². The number of anilines is 1. The Labute approximate surface area is 107 Å². The Balaban J connectivity index is 0.00000108. The van der Waals surface area contributed by atoms with Gasteiger partial charge in [0.05, 0.1) is 17.3 Å². The number of carbonyl (C=O) groups excluding carboxylic acids is 1. The molecule has 5 nitrogen and oxygen atoms in total. The molecule has 1 aromatic carbocycles. The van der Waals surface area contributed by atoms with Crippen LogP contribution in [0.25, 0.3) is 10.9 Å². The summed E-state index contributed by atoms with van der Waals surface area (Å²) in [6, 6.07) is 3.35. The van der Waals surface area contributed by atoms with Crippen LogP contribution in [-0.2, 0) is 0 Å². The zero-order chi connectivity index (χ0) is 11.3. The third-order valence-corrected chi connectivity index (χ3v) is 2.81. The van der Waals surface area contributed by atoms with Crippen LogP contribution < -0.4 is 11.2 Å². The van der Waals surface area contributed by atoms with Gasteiger partial charge in [-0.3, -0.25) is 4.79 Å². The van der Waals surface area contributed by atoms with Crippen molar-refractivity contribution in [1.82, 2.24) is 10.4 Å².